The zero-order valence-electron chi connectivity index (χ0n) is 17.9. The van der Waals surface area contributed by atoms with Crippen molar-refractivity contribution in [1.82, 2.24) is 4.98 Å². The molecule has 1 aromatic heterocycles. The number of halogens is 1. The van der Waals surface area contributed by atoms with Crippen LogP contribution in [0.5, 0.6) is 11.5 Å². The van der Waals surface area contributed by atoms with Gasteiger partial charge in [0.1, 0.15) is 0 Å². The molecule has 5 nitrogen and oxygen atoms in total. The third kappa shape index (κ3) is 5.21. The number of benzene rings is 3. The molecular weight excluding hydrogens is 468 g/mol. The Labute approximate surface area is 198 Å². The fourth-order valence-corrected chi connectivity index (χ4v) is 3.38. The summed E-state index contributed by atoms with van der Waals surface area (Å²) in [7, 11) is 3.21. The molecule has 32 heavy (non-hydrogen) atoms. The van der Waals surface area contributed by atoms with Crippen LogP contribution < -0.4 is 31.0 Å². The van der Waals surface area contributed by atoms with Gasteiger partial charge in [-0.1, -0.05) is 54.6 Å². The van der Waals surface area contributed by atoms with Crippen molar-refractivity contribution >= 4 is 5.78 Å². The molecule has 0 saturated carbocycles. The van der Waals surface area contributed by atoms with Gasteiger partial charge in [0.05, 0.1) is 20.4 Å². The van der Waals surface area contributed by atoms with Crippen LogP contribution in [0.2, 0.25) is 0 Å². The summed E-state index contributed by atoms with van der Waals surface area (Å²) in [6.45, 7) is 0.226. The topological polar surface area (TPSA) is 52.3 Å². The highest BCUT2D eigenvalue weighted by Gasteiger charge is 2.14. The van der Waals surface area contributed by atoms with E-state index in [1.54, 1.807) is 25.1 Å². The molecule has 0 amide bonds. The second kappa shape index (κ2) is 10.7. The number of ether oxygens (including phenoxy) is 2. The van der Waals surface area contributed by atoms with Gasteiger partial charge in [-0.25, -0.2) is 4.57 Å². The molecule has 1 heterocycles. The Morgan fingerprint density at radius 1 is 0.812 bits per heavy atom. The first-order valence-electron chi connectivity index (χ1n) is 9.94. The molecule has 6 heteroatoms. The number of carbonyl (C=O) groups is 1. The quantitative estimate of drug-likeness (QED) is 0.291. The molecule has 0 N–H and O–H groups in total. The van der Waals surface area contributed by atoms with E-state index in [0.717, 1.165) is 22.4 Å². The highest BCUT2D eigenvalue weighted by Crippen LogP contribution is 2.31. The highest BCUT2D eigenvalue weighted by molar-refractivity contribution is 5.95. The van der Waals surface area contributed by atoms with Gasteiger partial charge in [0.25, 0.3) is 6.33 Å². The number of hydrogen-bond donors (Lipinski definition) is 0. The lowest BCUT2D eigenvalue weighted by molar-refractivity contribution is -0.686. The van der Waals surface area contributed by atoms with Crippen LogP contribution in [0.3, 0.4) is 0 Å². The molecule has 162 valence electrons. The summed E-state index contributed by atoms with van der Waals surface area (Å²) in [6.07, 6.45) is 3.53. The monoisotopic (exact) mass is 490 g/mol. The Morgan fingerprint density at radius 2 is 1.47 bits per heavy atom. The summed E-state index contributed by atoms with van der Waals surface area (Å²) in [5.74, 6) is 1.35. The Hall–Kier alpha value is -3.51. The molecule has 0 aliphatic heterocycles. The number of rotatable bonds is 7. The number of hydrogen-bond acceptors (Lipinski definition) is 4. The summed E-state index contributed by atoms with van der Waals surface area (Å²) in [6, 6.07) is 25.3. The van der Waals surface area contributed by atoms with Gasteiger partial charge in [0.2, 0.25) is 5.78 Å². The van der Waals surface area contributed by atoms with E-state index in [2.05, 4.69) is 17.1 Å². The minimum atomic E-state index is 0. The predicted molar refractivity (Wildman–Crippen MR) is 119 cm³/mol. The van der Waals surface area contributed by atoms with Crippen LogP contribution in [-0.2, 0) is 6.54 Å². The van der Waals surface area contributed by atoms with E-state index < -0.39 is 0 Å². The van der Waals surface area contributed by atoms with Gasteiger partial charge in [-0.2, -0.15) is 0 Å². The first-order valence-corrected chi connectivity index (χ1v) is 9.94. The van der Waals surface area contributed by atoms with Gasteiger partial charge in [-0.15, -0.1) is 0 Å². The molecule has 0 saturated heterocycles. The summed E-state index contributed by atoms with van der Waals surface area (Å²) >= 11 is 0. The largest absolute Gasteiger partial charge is 1.00 e. The van der Waals surface area contributed by atoms with Crippen molar-refractivity contribution in [2.75, 3.05) is 14.2 Å². The number of nitrogens with zero attached hydrogens (tertiary/aromatic N) is 2. The number of carbonyl (C=O) groups excluding carboxylic acids is 1. The minimum absolute atomic E-state index is 0. The molecule has 0 fully saturated rings. The van der Waals surface area contributed by atoms with Crippen LogP contribution in [0.4, 0.5) is 0 Å². The number of methoxy groups -OCH3 is 2. The summed E-state index contributed by atoms with van der Waals surface area (Å²) in [5, 5.41) is 0. The zero-order chi connectivity index (χ0) is 21.6. The summed E-state index contributed by atoms with van der Waals surface area (Å²) in [5.41, 5.74) is 4.59. The van der Waals surface area contributed by atoms with Crippen molar-refractivity contribution < 1.29 is 35.8 Å². The van der Waals surface area contributed by atoms with E-state index in [1.165, 1.54) is 0 Å². The van der Waals surface area contributed by atoms with Crippen molar-refractivity contribution in [3.05, 3.63) is 97.0 Å². The predicted octanol–water partition coefficient (Wildman–Crippen LogP) is 1.61. The van der Waals surface area contributed by atoms with E-state index in [1.807, 2.05) is 72.9 Å². The van der Waals surface area contributed by atoms with E-state index in [4.69, 9.17) is 9.47 Å². The fourth-order valence-electron chi connectivity index (χ4n) is 3.38. The molecule has 0 aliphatic carbocycles. The van der Waals surface area contributed by atoms with E-state index in [0.29, 0.717) is 17.1 Å². The second-order valence-electron chi connectivity index (χ2n) is 7.05. The molecule has 0 unspecified atom stereocenters. The lowest BCUT2D eigenvalue weighted by Crippen LogP contribution is -3.00. The molecular formula is C26H23BrN2O3. The average Bonchev–Trinajstić information content (AvgIpc) is 2.84. The maximum atomic E-state index is 12.7. The SMILES string of the molecule is COc1ccc(-c2cc[n+](CC(=O)c3ccc(-c4ccccc4)cc3)cn2)cc1OC.[Br-]. The van der Waals surface area contributed by atoms with Gasteiger partial charge in [0, 0.05) is 17.2 Å². The van der Waals surface area contributed by atoms with Crippen molar-refractivity contribution in [3.63, 3.8) is 0 Å². The molecule has 0 aliphatic rings. The summed E-state index contributed by atoms with van der Waals surface area (Å²) < 4.78 is 12.4. The maximum absolute atomic E-state index is 12.7. The molecule has 0 spiro atoms. The third-order valence-electron chi connectivity index (χ3n) is 5.09. The van der Waals surface area contributed by atoms with Crippen molar-refractivity contribution in [1.29, 1.82) is 0 Å². The number of aromatic nitrogens is 2. The van der Waals surface area contributed by atoms with E-state index in [9.17, 15) is 4.79 Å². The maximum Gasteiger partial charge on any atom is 0.287 e. The van der Waals surface area contributed by atoms with Crippen molar-refractivity contribution in [2.45, 2.75) is 6.54 Å². The molecule has 0 bridgehead atoms. The van der Waals surface area contributed by atoms with Crippen molar-refractivity contribution in [2.24, 2.45) is 0 Å². The number of ketones is 1. The van der Waals surface area contributed by atoms with Gasteiger partial charge in [0.15, 0.2) is 23.7 Å². The van der Waals surface area contributed by atoms with Crippen LogP contribution in [-0.4, -0.2) is 25.0 Å². The van der Waals surface area contributed by atoms with Gasteiger partial charge < -0.3 is 26.5 Å². The Kier molecular flexibility index (Phi) is 7.73. The van der Waals surface area contributed by atoms with Crippen LogP contribution in [0.15, 0.2) is 91.4 Å². The molecule has 0 atom stereocenters. The fraction of sp³-hybridized carbons (Fsp3) is 0.115. The second-order valence-corrected chi connectivity index (χ2v) is 7.05. The molecule has 4 aromatic rings. The van der Waals surface area contributed by atoms with Crippen LogP contribution >= 0.6 is 0 Å². The smallest absolute Gasteiger partial charge is 0.287 e. The standard InChI is InChI=1S/C26H23N2O3.BrH/c1-30-25-13-12-22(16-26(25)31-2)23-14-15-28(18-27-23)17-24(29)21-10-8-20(9-11-21)19-6-4-3-5-7-19;/h3-16,18H,17H2,1-2H3;1H/q+1;/p-1. The zero-order valence-corrected chi connectivity index (χ0v) is 19.5. The van der Waals surface area contributed by atoms with Crippen LogP contribution in [0.1, 0.15) is 10.4 Å². The lowest BCUT2D eigenvalue weighted by Gasteiger charge is -2.08. The number of Topliss-reactive ketones (excluding diaryl/α,β-unsaturated/α-hetero) is 1. The normalized spacial score (nSPS) is 10.2. The Morgan fingerprint density at radius 3 is 2.09 bits per heavy atom. The van der Waals surface area contributed by atoms with Crippen LogP contribution in [0.25, 0.3) is 22.4 Å². The van der Waals surface area contributed by atoms with E-state index >= 15 is 0 Å². The van der Waals surface area contributed by atoms with Gasteiger partial charge >= 0.3 is 0 Å². The first-order chi connectivity index (χ1) is 15.2. The molecule has 0 radical (unpaired) electrons. The van der Waals surface area contributed by atoms with Crippen molar-refractivity contribution in [3.8, 4) is 33.9 Å². The lowest BCUT2D eigenvalue weighted by atomic mass is 10.0. The minimum Gasteiger partial charge on any atom is -1.00 e. The molecule has 3 aromatic carbocycles. The van der Waals surface area contributed by atoms with Crippen LogP contribution in [0, 0.1) is 0 Å². The molecule has 4 rings (SSSR count). The van der Waals surface area contributed by atoms with Gasteiger partial charge in [-0.3, -0.25) is 4.79 Å². The highest BCUT2D eigenvalue weighted by atomic mass is 79.9. The summed E-state index contributed by atoms with van der Waals surface area (Å²) in [4.78, 5) is 17.2. The first kappa shape index (κ1) is 23.2. The Bertz CT molecular complexity index is 1180. The average molecular weight is 491 g/mol. The van der Waals surface area contributed by atoms with Gasteiger partial charge in [-0.05, 0) is 34.3 Å². The third-order valence-corrected chi connectivity index (χ3v) is 5.09. The van der Waals surface area contributed by atoms with E-state index in [-0.39, 0.29) is 29.3 Å². The Balaban J connectivity index is 0.00000289.